The zero-order chi connectivity index (χ0) is 15.6. The minimum atomic E-state index is -0.311. The van der Waals surface area contributed by atoms with E-state index in [0.717, 1.165) is 42.1 Å². The lowest BCUT2D eigenvalue weighted by molar-refractivity contribution is 0.129. The monoisotopic (exact) mass is 326 g/mol. The highest BCUT2D eigenvalue weighted by Gasteiger charge is 2.28. The van der Waals surface area contributed by atoms with Crippen molar-refractivity contribution in [3.05, 3.63) is 52.5 Å². The summed E-state index contributed by atoms with van der Waals surface area (Å²) < 4.78 is 1.79. The lowest BCUT2D eigenvalue weighted by atomic mass is 10.2. The fourth-order valence-electron chi connectivity index (χ4n) is 3.07. The second kappa shape index (κ2) is 6.22. The molecule has 1 aliphatic rings. The van der Waals surface area contributed by atoms with Gasteiger partial charge in [0.05, 0.1) is 23.4 Å². The van der Waals surface area contributed by atoms with Gasteiger partial charge in [0.2, 0.25) is 0 Å². The normalized spacial score (nSPS) is 20.9. The van der Waals surface area contributed by atoms with Crippen molar-refractivity contribution in [3.63, 3.8) is 0 Å². The lowest BCUT2D eigenvalue weighted by Gasteiger charge is -2.13. The van der Waals surface area contributed by atoms with Crippen LogP contribution in [0, 0.1) is 0 Å². The number of hydrogen-bond acceptors (Lipinski definition) is 5. The molecule has 0 aliphatic heterocycles. The number of hydrogen-bond donors (Lipinski definition) is 1. The Labute approximate surface area is 138 Å². The maximum absolute atomic E-state index is 9.99. The average Bonchev–Trinajstić information content (AvgIpc) is 3.28. The molecular weight excluding hydrogens is 308 g/mol. The molecule has 1 aromatic carbocycles. The van der Waals surface area contributed by atoms with Gasteiger partial charge in [0.1, 0.15) is 11.4 Å². The smallest absolute Gasteiger partial charge is 0.132 e. The van der Waals surface area contributed by atoms with Crippen LogP contribution >= 0.6 is 11.3 Å². The van der Waals surface area contributed by atoms with Gasteiger partial charge < -0.3 is 5.11 Å². The van der Waals surface area contributed by atoms with Crippen LogP contribution in [0.2, 0.25) is 0 Å². The van der Waals surface area contributed by atoms with Crippen molar-refractivity contribution >= 4 is 11.3 Å². The summed E-state index contributed by atoms with van der Waals surface area (Å²) in [6.45, 7) is 0. The minimum Gasteiger partial charge on any atom is -0.391 e. The van der Waals surface area contributed by atoms with Crippen molar-refractivity contribution in [2.24, 2.45) is 0 Å². The molecule has 118 valence electrons. The number of nitrogens with zero attached hydrogens (tertiary/aromatic N) is 4. The Hall–Kier alpha value is -2.05. The number of aromatic nitrogens is 4. The first-order valence-corrected chi connectivity index (χ1v) is 8.76. The van der Waals surface area contributed by atoms with Gasteiger partial charge in [0, 0.05) is 11.8 Å². The molecule has 1 N–H and O–H groups in total. The zero-order valence-electron chi connectivity index (χ0n) is 12.7. The molecule has 1 fully saturated rings. The average molecular weight is 326 g/mol. The van der Waals surface area contributed by atoms with Gasteiger partial charge in [-0.1, -0.05) is 35.5 Å². The van der Waals surface area contributed by atoms with E-state index in [2.05, 4.69) is 27.4 Å². The number of benzene rings is 1. The molecule has 2 atom stereocenters. The van der Waals surface area contributed by atoms with Crippen molar-refractivity contribution in [2.75, 3.05) is 0 Å². The maximum Gasteiger partial charge on any atom is 0.132 e. The van der Waals surface area contributed by atoms with E-state index in [1.807, 2.05) is 29.8 Å². The molecule has 0 bridgehead atoms. The Morgan fingerprint density at radius 2 is 2.04 bits per heavy atom. The lowest BCUT2D eigenvalue weighted by Crippen LogP contribution is -2.18. The van der Waals surface area contributed by atoms with Gasteiger partial charge >= 0.3 is 0 Å². The molecule has 2 heterocycles. The van der Waals surface area contributed by atoms with E-state index < -0.39 is 0 Å². The fourth-order valence-corrected chi connectivity index (χ4v) is 3.89. The Kier molecular flexibility index (Phi) is 3.93. The first-order chi connectivity index (χ1) is 11.3. The minimum absolute atomic E-state index is 0.0543. The van der Waals surface area contributed by atoms with Crippen LogP contribution < -0.4 is 0 Å². The third-order valence-electron chi connectivity index (χ3n) is 4.31. The van der Waals surface area contributed by atoms with Gasteiger partial charge in [-0.3, -0.25) is 0 Å². The van der Waals surface area contributed by atoms with E-state index in [9.17, 15) is 5.11 Å². The van der Waals surface area contributed by atoms with Crippen LogP contribution in [0.15, 0.2) is 41.9 Å². The van der Waals surface area contributed by atoms with Crippen LogP contribution in [0.4, 0.5) is 0 Å². The van der Waals surface area contributed by atoms with Crippen LogP contribution in [0.5, 0.6) is 0 Å². The Morgan fingerprint density at radius 1 is 1.17 bits per heavy atom. The molecule has 23 heavy (non-hydrogen) atoms. The van der Waals surface area contributed by atoms with E-state index >= 15 is 0 Å². The second-order valence-electron chi connectivity index (χ2n) is 5.94. The molecule has 5 nitrogen and oxygen atoms in total. The highest BCUT2D eigenvalue weighted by atomic mass is 32.1. The summed E-state index contributed by atoms with van der Waals surface area (Å²) >= 11 is 1.64. The summed E-state index contributed by atoms with van der Waals surface area (Å²) in [6.07, 6.45) is 5.27. The molecule has 0 unspecified atom stereocenters. The molecule has 1 aliphatic carbocycles. The van der Waals surface area contributed by atoms with Crippen molar-refractivity contribution < 1.29 is 5.11 Å². The van der Waals surface area contributed by atoms with Gasteiger partial charge in [0.15, 0.2) is 0 Å². The van der Waals surface area contributed by atoms with Crippen LogP contribution in [0.3, 0.4) is 0 Å². The molecule has 1 saturated carbocycles. The zero-order valence-corrected chi connectivity index (χ0v) is 13.5. The first-order valence-electron chi connectivity index (χ1n) is 7.88. The number of thiazole rings is 1. The van der Waals surface area contributed by atoms with Gasteiger partial charge in [-0.05, 0) is 24.8 Å². The molecule has 3 aromatic rings. The largest absolute Gasteiger partial charge is 0.391 e. The predicted molar refractivity (Wildman–Crippen MR) is 89.3 cm³/mol. The Bertz CT molecular complexity index is 783. The highest BCUT2D eigenvalue weighted by molar-refractivity contribution is 7.10. The Balaban J connectivity index is 1.52. The van der Waals surface area contributed by atoms with Gasteiger partial charge in [0.25, 0.3) is 0 Å². The van der Waals surface area contributed by atoms with Crippen LogP contribution in [-0.2, 0) is 6.42 Å². The quantitative estimate of drug-likeness (QED) is 0.800. The summed E-state index contributed by atoms with van der Waals surface area (Å²) in [5.41, 5.74) is 2.89. The van der Waals surface area contributed by atoms with Crippen LogP contribution in [0.25, 0.3) is 11.4 Å². The summed E-state index contributed by atoms with van der Waals surface area (Å²) in [4.78, 5) is 4.67. The van der Waals surface area contributed by atoms with Crippen LogP contribution in [0.1, 0.15) is 35.9 Å². The van der Waals surface area contributed by atoms with Crippen molar-refractivity contribution in [2.45, 2.75) is 37.8 Å². The summed E-state index contributed by atoms with van der Waals surface area (Å²) in [6, 6.07) is 10.4. The van der Waals surface area contributed by atoms with Gasteiger partial charge in [-0.25, -0.2) is 9.67 Å². The molecule has 4 rings (SSSR count). The molecule has 2 aromatic heterocycles. The molecule has 6 heteroatoms. The molecule has 0 saturated heterocycles. The third-order valence-corrected chi connectivity index (χ3v) is 5.16. The van der Waals surface area contributed by atoms with E-state index in [0.29, 0.717) is 0 Å². The summed E-state index contributed by atoms with van der Waals surface area (Å²) in [7, 11) is 0. The number of rotatable bonds is 4. The molecule has 0 spiro atoms. The second-order valence-corrected chi connectivity index (χ2v) is 6.88. The first kappa shape index (κ1) is 14.5. The van der Waals surface area contributed by atoms with Crippen molar-refractivity contribution in [1.82, 2.24) is 20.0 Å². The summed E-state index contributed by atoms with van der Waals surface area (Å²) in [5, 5.41) is 21.5. The molecule has 0 radical (unpaired) electrons. The van der Waals surface area contributed by atoms with E-state index in [-0.39, 0.29) is 12.1 Å². The van der Waals surface area contributed by atoms with Gasteiger partial charge in [-0.2, -0.15) is 0 Å². The van der Waals surface area contributed by atoms with E-state index in [1.165, 1.54) is 5.56 Å². The standard InChI is InChI=1S/C17H18N4OS/c22-16-8-4-7-15(16)21-10-13(19-20-21)14-11-23-17(18-14)9-12-5-2-1-3-6-12/h1-3,5-6,10-11,15-16,22H,4,7-9H2/t15-,16-/m1/s1. The van der Waals surface area contributed by atoms with E-state index in [4.69, 9.17) is 0 Å². The molecule has 0 amide bonds. The summed E-state index contributed by atoms with van der Waals surface area (Å²) in [5.74, 6) is 0. The topological polar surface area (TPSA) is 63.8 Å². The van der Waals surface area contributed by atoms with E-state index in [1.54, 1.807) is 16.0 Å². The SMILES string of the molecule is O[C@@H]1CCC[C@H]1n1cc(-c2csc(Cc3ccccc3)n2)nn1. The fraction of sp³-hybridized carbons (Fsp3) is 0.353. The predicted octanol–water partition coefficient (Wildman–Crippen LogP) is 3.08. The highest BCUT2D eigenvalue weighted by Crippen LogP contribution is 2.30. The van der Waals surface area contributed by atoms with Crippen molar-refractivity contribution in [3.8, 4) is 11.4 Å². The van der Waals surface area contributed by atoms with Gasteiger partial charge in [-0.15, -0.1) is 16.4 Å². The van der Waals surface area contributed by atoms with Crippen molar-refractivity contribution in [1.29, 1.82) is 0 Å². The Morgan fingerprint density at radius 3 is 2.83 bits per heavy atom. The number of aliphatic hydroxyl groups excluding tert-OH is 1. The van der Waals surface area contributed by atoms with Crippen LogP contribution in [-0.4, -0.2) is 31.2 Å². The third kappa shape index (κ3) is 3.04. The number of aliphatic hydroxyl groups is 1. The molecular formula is C17H18N4OS. The maximum atomic E-state index is 9.99.